The van der Waals surface area contributed by atoms with Gasteiger partial charge in [-0.2, -0.15) is 5.26 Å². The highest BCUT2D eigenvalue weighted by molar-refractivity contribution is 14.1. The van der Waals surface area contributed by atoms with Gasteiger partial charge in [-0.05, 0) is 28.7 Å². The molecule has 1 nitrogen and oxygen atoms in total. The van der Waals surface area contributed by atoms with E-state index in [-0.39, 0.29) is 0 Å². The second-order valence-electron chi connectivity index (χ2n) is 1.24. The van der Waals surface area contributed by atoms with Crippen molar-refractivity contribution in [2.75, 3.05) is 0 Å². The summed E-state index contributed by atoms with van der Waals surface area (Å²) in [7, 11) is 0. The van der Waals surface area contributed by atoms with E-state index in [9.17, 15) is 0 Å². The Morgan fingerprint density at radius 3 is 2.75 bits per heavy atom. The molecule has 1 aromatic heterocycles. The molecular formula is C5H2INS. The van der Waals surface area contributed by atoms with Gasteiger partial charge in [0.05, 0.1) is 0 Å². The maximum Gasteiger partial charge on any atom is 0.110 e. The minimum absolute atomic E-state index is 0.786. The third-order valence-corrected chi connectivity index (χ3v) is 2.56. The van der Waals surface area contributed by atoms with Gasteiger partial charge in [-0.15, -0.1) is 11.3 Å². The van der Waals surface area contributed by atoms with Gasteiger partial charge in [-0.3, -0.25) is 0 Å². The van der Waals surface area contributed by atoms with E-state index in [1.54, 1.807) is 0 Å². The molecule has 0 saturated carbocycles. The zero-order valence-corrected chi connectivity index (χ0v) is 6.86. The minimum atomic E-state index is 0.786. The van der Waals surface area contributed by atoms with Crippen molar-refractivity contribution in [3.63, 3.8) is 0 Å². The van der Waals surface area contributed by atoms with Crippen molar-refractivity contribution in [2.45, 2.75) is 0 Å². The van der Waals surface area contributed by atoms with E-state index in [4.69, 9.17) is 5.26 Å². The molecule has 0 saturated heterocycles. The summed E-state index contributed by atoms with van der Waals surface area (Å²) in [5, 5.41) is 10.3. The fourth-order valence-corrected chi connectivity index (χ4v) is 1.83. The predicted molar refractivity (Wildman–Crippen MR) is 41.8 cm³/mol. The van der Waals surface area contributed by atoms with Gasteiger partial charge in [0.25, 0.3) is 0 Å². The van der Waals surface area contributed by atoms with E-state index in [1.807, 2.05) is 11.4 Å². The van der Waals surface area contributed by atoms with Crippen LogP contribution in [0.15, 0.2) is 11.4 Å². The molecule has 1 heterocycles. The highest BCUT2D eigenvalue weighted by Crippen LogP contribution is 2.14. The van der Waals surface area contributed by atoms with E-state index in [1.165, 1.54) is 11.3 Å². The van der Waals surface area contributed by atoms with Crippen LogP contribution in [0, 0.1) is 14.9 Å². The molecule has 0 amide bonds. The highest BCUT2D eigenvalue weighted by Gasteiger charge is 1.91. The second kappa shape index (κ2) is 2.46. The van der Waals surface area contributed by atoms with Crippen LogP contribution in [-0.2, 0) is 0 Å². The van der Waals surface area contributed by atoms with Crippen molar-refractivity contribution in [1.29, 1.82) is 5.26 Å². The quantitative estimate of drug-likeness (QED) is 0.632. The molecule has 0 aliphatic heterocycles. The van der Waals surface area contributed by atoms with Gasteiger partial charge in [0.2, 0.25) is 0 Å². The maximum atomic E-state index is 8.31. The van der Waals surface area contributed by atoms with E-state index in [2.05, 4.69) is 28.7 Å². The van der Waals surface area contributed by atoms with Gasteiger partial charge in [0.1, 0.15) is 10.9 Å². The molecule has 0 atom stereocenters. The Morgan fingerprint density at radius 1 is 1.75 bits per heavy atom. The smallest absolute Gasteiger partial charge is 0.110 e. The Morgan fingerprint density at radius 2 is 2.50 bits per heavy atom. The molecule has 1 rings (SSSR count). The molecule has 1 aromatic rings. The average Bonchev–Trinajstić information content (AvgIpc) is 2.14. The summed E-state index contributed by atoms with van der Waals surface area (Å²) in [5.41, 5.74) is 0. The standard InChI is InChI=1S/C5H2INS/c6-4-1-5(2-7)8-3-4/h1,3H. The normalized spacial score (nSPS) is 8.50. The van der Waals surface area contributed by atoms with Crippen LogP contribution in [-0.4, -0.2) is 0 Å². The van der Waals surface area contributed by atoms with E-state index in [0.717, 1.165) is 8.45 Å². The summed E-state index contributed by atoms with van der Waals surface area (Å²) in [4.78, 5) is 0.786. The van der Waals surface area contributed by atoms with Crippen LogP contribution in [0.5, 0.6) is 0 Å². The lowest BCUT2D eigenvalue weighted by molar-refractivity contribution is 1.52. The van der Waals surface area contributed by atoms with Crippen molar-refractivity contribution < 1.29 is 0 Å². The SMILES string of the molecule is N#Cc1cc(I)cs1. The molecule has 0 unspecified atom stereocenters. The lowest BCUT2D eigenvalue weighted by Gasteiger charge is -1.66. The molecule has 0 bridgehead atoms. The summed E-state index contributed by atoms with van der Waals surface area (Å²) in [5.74, 6) is 0. The lowest BCUT2D eigenvalue weighted by Crippen LogP contribution is -1.55. The summed E-state index contributed by atoms with van der Waals surface area (Å²) in [6, 6.07) is 3.93. The first-order chi connectivity index (χ1) is 3.83. The molecule has 3 heteroatoms. The van der Waals surface area contributed by atoms with Crippen molar-refractivity contribution in [3.8, 4) is 6.07 Å². The predicted octanol–water partition coefficient (Wildman–Crippen LogP) is 2.22. The van der Waals surface area contributed by atoms with Crippen LogP contribution in [0.1, 0.15) is 4.88 Å². The molecule has 0 fully saturated rings. The van der Waals surface area contributed by atoms with Crippen LogP contribution in [0.4, 0.5) is 0 Å². The largest absolute Gasteiger partial charge is 0.192 e. The monoisotopic (exact) mass is 235 g/mol. The van der Waals surface area contributed by atoms with Crippen LogP contribution in [0.25, 0.3) is 0 Å². The fraction of sp³-hybridized carbons (Fsp3) is 0. The van der Waals surface area contributed by atoms with Crippen LogP contribution >= 0.6 is 33.9 Å². The summed E-state index contributed by atoms with van der Waals surface area (Å²) in [6.45, 7) is 0. The van der Waals surface area contributed by atoms with Crippen molar-refractivity contribution >= 4 is 33.9 Å². The van der Waals surface area contributed by atoms with Crippen LogP contribution < -0.4 is 0 Å². The maximum absolute atomic E-state index is 8.31. The Kier molecular flexibility index (Phi) is 1.86. The van der Waals surface area contributed by atoms with Crippen LogP contribution in [0.2, 0.25) is 0 Å². The zero-order valence-electron chi connectivity index (χ0n) is 3.89. The fourth-order valence-electron chi connectivity index (χ4n) is 0.372. The number of rotatable bonds is 0. The Bertz CT molecular complexity index is 223. The summed E-state index contributed by atoms with van der Waals surface area (Å²) >= 11 is 3.66. The Balaban J connectivity index is 3.05. The lowest BCUT2D eigenvalue weighted by atomic mass is 10.5. The molecule has 0 aliphatic carbocycles. The summed E-state index contributed by atoms with van der Waals surface area (Å²) in [6.07, 6.45) is 0. The third kappa shape index (κ3) is 1.20. The number of halogens is 1. The van der Waals surface area contributed by atoms with Crippen molar-refractivity contribution in [2.24, 2.45) is 0 Å². The number of hydrogen-bond donors (Lipinski definition) is 0. The minimum Gasteiger partial charge on any atom is -0.192 e. The molecule has 0 aromatic carbocycles. The first-order valence-corrected chi connectivity index (χ1v) is 3.93. The Hall–Kier alpha value is -0.0800. The topological polar surface area (TPSA) is 23.8 Å². The molecule has 0 aliphatic rings. The number of nitrogens with zero attached hydrogens (tertiary/aromatic N) is 1. The molecule has 0 spiro atoms. The van der Waals surface area contributed by atoms with Crippen molar-refractivity contribution in [3.05, 3.63) is 19.9 Å². The second-order valence-corrected chi connectivity index (χ2v) is 3.40. The molecular weight excluding hydrogens is 233 g/mol. The van der Waals surface area contributed by atoms with Crippen molar-refractivity contribution in [1.82, 2.24) is 0 Å². The van der Waals surface area contributed by atoms with Gasteiger partial charge in [-0.1, -0.05) is 0 Å². The number of hydrogen-bond acceptors (Lipinski definition) is 2. The van der Waals surface area contributed by atoms with Gasteiger partial charge >= 0.3 is 0 Å². The van der Waals surface area contributed by atoms with Gasteiger partial charge < -0.3 is 0 Å². The van der Waals surface area contributed by atoms with E-state index < -0.39 is 0 Å². The van der Waals surface area contributed by atoms with Gasteiger partial charge in [0.15, 0.2) is 0 Å². The molecule has 8 heavy (non-hydrogen) atoms. The molecule has 40 valence electrons. The summed E-state index contributed by atoms with van der Waals surface area (Å²) < 4.78 is 1.14. The molecule has 0 N–H and O–H groups in total. The average molecular weight is 235 g/mol. The highest BCUT2D eigenvalue weighted by atomic mass is 127. The van der Waals surface area contributed by atoms with Gasteiger partial charge in [0, 0.05) is 8.95 Å². The number of thiophene rings is 1. The Labute approximate surface area is 65.1 Å². The van der Waals surface area contributed by atoms with Gasteiger partial charge in [-0.25, -0.2) is 0 Å². The first kappa shape index (κ1) is 6.05. The zero-order chi connectivity index (χ0) is 5.98. The van der Waals surface area contributed by atoms with Crippen LogP contribution in [0.3, 0.4) is 0 Å². The van der Waals surface area contributed by atoms with E-state index >= 15 is 0 Å². The molecule has 0 radical (unpaired) electrons. The number of nitriles is 1. The first-order valence-electron chi connectivity index (χ1n) is 1.97. The third-order valence-electron chi connectivity index (χ3n) is 0.678. The van der Waals surface area contributed by atoms with E-state index in [0.29, 0.717) is 0 Å².